The van der Waals surface area contributed by atoms with E-state index in [4.69, 9.17) is 0 Å². The average Bonchev–Trinajstić information content (AvgIpc) is 2.86. The van der Waals surface area contributed by atoms with Crippen molar-refractivity contribution in [2.24, 2.45) is 5.41 Å². The van der Waals surface area contributed by atoms with Gasteiger partial charge in [0.15, 0.2) is 4.96 Å². The summed E-state index contributed by atoms with van der Waals surface area (Å²) in [5.41, 5.74) is 1.28. The van der Waals surface area contributed by atoms with E-state index < -0.39 is 0 Å². The fraction of sp³-hybridized carbons (Fsp3) is 0.533. The zero-order valence-electron chi connectivity index (χ0n) is 12.2. The molecular weight excluding hydrogens is 254 g/mol. The van der Waals surface area contributed by atoms with E-state index in [1.165, 1.54) is 0 Å². The topological polar surface area (TPSA) is 29.3 Å². The van der Waals surface area contributed by atoms with Crippen LogP contribution in [0.5, 0.6) is 0 Å². The van der Waals surface area contributed by atoms with E-state index in [9.17, 15) is 0 Å². The second-order valence-corrected chi connectivity index (χ2v) is 7.34. The highest BCUT2D eigenvalue weighted by molar-refractivity contribution is 7.15. The molecule has 0 radical (unpaired) electrons. The van der Waals surface area contributed by atoms with Crippen LogP contribution in [0.3, 0.4) is 0 Å². The number of hydrogen-bond donors (Lipinski definition) is 1. The van der Waals surface area contributed by atoms with Crippen LogP contribution in [0, 0.1) is 5.41 Å². The number of thiazole rings is 1. The van der Waals surface area contributed by atoms with Gasteiger partial charge in [0, 0.05) is 41.7 Å². The van der Waals surface area contributed by atoms with Gasteiger partial charge in [0.25, 0.3) is 0 Å². The van der Waals surface area contributed by atoms with Crippen molar-refractivity contribution in [1.29, 1.82) is 0 Å². The summed E-state index contributed by atoms with van der Waals surface area (Å²) in [6.07, 6.45) is 7.12. The number of imidazole rings is 1. The van der Waals surface area contributed by atoms with Crippen LogP contribution in [0.15, 0.2) is 30.4 Å². The SMILES string of the molecule is C=CC(C)(CNC(C)(C)C)Cc1cn2ccsc2n1. The highest BCUT2D eigenvalue weighted by atomic mass is 32.1. The molecule has 0 aliphatic carbocycles. The van der Waals surface area contributed by atoms with Crippen molar-refractivity contribution in [3.63, 3.8) is 0 Å². The first kappa shape index (κ1) is 14.3. The van der Waals surface area contributed by atoms with Crippen LogP contribution in [0.1, 0.15) is 33.4 Å². The number of nitrogens with one attached hydrogen (secondary N) is 1. The summed E-state index contributed by atoms with van der Waals surface area (Å²) >= 11 is 1.67. The third-order valence-corrected chi connectivity index (χ3v) is 4.01. The van der Waals surface area contributed by atoms with Gasteiger partial charge >= 0.3 is 0 Å². The third-order valence-electron chi connectivity index (χ3n) is 3.24. The van der Waals surface area contributed by atoms with Crippen molar-refractivity contribution < 1.29 is 0 Å². The minimum atomic E-state index is 0.0251. The van der Waals surface area contributed by atoms with Crippen LogP contribution < -0.4 is 5.32 Å². The van der Waals surface area contributed by atoms with E-state index in [0.29, 0.717) is 0 Å². The Morgan fingerprint density at radius 1 is 1.42 bits per heavy atom. The Morgan fingerprint density at radius 3 is 2.74 bits per heavy atom. The molecule has 2 aromatic rings. The van der Waals surface area contributed by atoms with E-state index in [0.717, 1.165) is 23.6 Å². The van der Waals surface area contributed by atoms with E-state index in [2.05, 4.69) is 66.7 Å². The van der Waals surface area contributed by atoms with Gasteiger partial charge in [-0.25, -0.2) is 4.98 Å². The molecule has 19 heavy (non-hydrogen) atoms. The molecule has 0 aliphatic rings. The van der Waals surface area contributed by atoms with Gasteiger partial charge in [-0.3, -0.25) is 4.40 Å². The van der Waals surface area contributed by atoms with Gasteiger partial charge in [0.1, 0.15) is 0 Å². The van der Waals surface area contributed by atoms with Gasteiger partial charge in [0.05, 0.1) is 5.69 Å². The third kappa shape index (κ3) is 3.67. The minimum absolute atomic E-state index is 0.0251. The first-order valence-electron chi connectivity index (χ1n) is 6.61. The molecule has 1 unspecified atom stereocenters. The average molecular weight is 277 g/mol. The molecule has 0 saturated carbocycles. The number of hydrogen-bond acceptors (Lipinski definition) is 3. The summed E-state index contributed by atoms with van der Waals surface area (Å²) in [7, 11) is 0. The fourth-order valence-electron chi connectivity index (χ4n) is 1.95. The summed E-state index contributed by atoms with van der Waals surface area (Å²) in [6.45, 7) is 13.7. The number of fused-ring (bicyclic) bond motifs is 1. The maximum absolute atomic E-state index is 4.66. The molecule has 0 fully saturated rings. The lowest BCUT2D eigenvalue weighted by Gasteiger charge is -2.30. The Hall–Kier alpha value is -1.13. The zero-order valence-corrected chi connectivity index (χ0v) is 13.0. The lowest BCUT2D eigenvalue weighted by Crippen LogP contribution is -2.43. The van der Waals surface area contributed by atoms with Crippen LogP contribution in [0.4, 0.5) is 0 Å². The minimum Gasteiger partial charge on any atom is -0.311 e. The Bertz CT molecular complexity index is 533. The Labute approximate surface area is 119 Å². The largest absolute Gasteiger partial charge is 0.311 e. The number of nitrogens with zero attached hydrogens (tertiary/aromatic N) is 2. The predicted molar refractivity (Wildman–Crippen MR) is 82.8 cm³/mol. The Kier molecular flexibility index (Phi) is 3.83. The standard InChI is InChI=1S/C15H23N3S/c1-6-15(5,11-16-14(2,3)4)9-12-10-18-7-8-19-13(18)17-12/h6-8,10,16H,1,9,11H2,2-5H3. The van der Waals surface area contributed by atoms with Crippen molar-refractivity contribution in [3.8, 4) is 0 Å². The van der Waals surface area contributed by atoms with Crippen LogP contribution in [-0.4, -0.2) is 21.5 Å². The number of aromatic nitrogens is 2. The molecule has 1 atom stereocenters. The van der Waals surface area contributed by atoms with Crippen molar-refractivity contribution in [1.82, 2.24) is 14.7 Å². The van der Waals surface area contributed by atoms with Crippen LogP contribution in [0.25, 0.3) is 4.96 Å². The first-order chi connectivity index (χ1) is 8.81. The van der Waals surface area contributed by atoms with E-state index >= 15 is 0 Å². The van der Waals surface area contributed by atoms with Crippen LogP contribution in [-0.2, 0) is 6.42 Å². The molecular formula is C15H23N3S. The fourth-order valence-corrected chi connectivity index (χ4v) is 2.67. The molecule has 3 nitrogen and oxygen atoms in total. The van der Waals surface area contributed by atoms with E-state index in [1.807, 2.05) is 6.08 Å². The second kappa shape index (κ2) is 5.10. The second-order valence-electron chi connectivity index (χ2n) is 6.46. The maximum atomic E-state index is 4.66. The Balaban J connectivity index is 2.09. The quantitative estimate of drug-likeness (QED) is 0.847. The number of rotatable bonds is 5. The van der Waals surface area contributed by atoms with Gasteiger partial charge in [-0.05, 0) is 20.8 Å². The lowest BCUT2D eigenvalue weighted by molar-refractivity contribution is 0.321. The van der Waals surface area contributed by atoms with Crippen molar-refractivity contribution in [2.75, 3.05) is 6.54 Å². The monoisotopic (exact) mass is 277 g/mol. The van der Waals surface area contributed by atoms with E-state index in [1.54, 1.807) is 11.3 Å². The van der Waals surface area contributed by atoms with Crippen molar-refractivity contribution in [2.45, 2.75) is 39.7 Å². The molecule has 4 heteroatoms. The maximum Gasteiger partial charge on any atom is 0.193 e. The van der Waals surface area contributed by atoms with Crippen molar-refractivity contribution in [3.05, 3.63) is 36.1 Å². The summed E-state index contributed by atoms with van der Waals surface area (Å²) in [6, 6.07) is 0. The molecule has 0 bridgehead atoms. The zero-order chi connectivity index (χ0) is 14.1. The molecule has 2 heterocycles. The van der Waals surface area contributed by atoms with Crippen LogP contribution in [0.2, 0.25) is 0 Å². The summed E-state index contributed by atoms with van der Waals surface area (Å²) in [5, 5.41) is 5.61. The molecule has 104 valence electrons. The van der Waals surface area contributed by atoms with E-state index in [-0.39, 0.29) is 11.0 Å². The molecule has 2 rings (SSSR count). The summed E-state index contributed by atoms with van der Waals surface area (Å²) < 4.78 is 2.08. The molecule has 1 N–H and O–H groups in total. The van der Waals surface area contributed by atoms with Gasteiger partial charge in [0.2, 0.25) is 0 Å². The van der Waals surface area contributed by atoms with Crippen molar-refractivity contribution >= 4 is 16.3 Å². The van der Waals surface area contributed by atoms with Gasteiger partial charge in [-0.15, -0.1) is 17.9 Å². The smallest absolute Gasteiger partial charge is 0.193 e. The van der Waals surface area contributed by atoms with Gasteiger partial charge in [-0.1, -0.05) is 13.0 Å². The molecule has 0 saturated heterocycles. The molecule has 2 aromatic heterocycles. The molecule has 0 aliphatic heterocycles. The highest BCUT2D eigenvalue weighted by Crippen LogP contribution is 2.24. The first-order valence-corrected chi connectivity index (χ1v) is 7.49. The van der Waals surface area contributed by atoms with Gasteiger partial charge < -0.3 is 5.32 Å². The molecule has 0 aromatic carbocycles. The summed E-state index contributed by atoms with van der Waals surface area (Å²) in [5.74, 6) is 0. The predicted octanol–water partition coefficient (Wildman–Crippen LogP) is 3.52. The van der Waals surface area contributed by atoms with Crippen LogP contribution >= 0.6 is 11.3 Å². The lowest BCUT2D eigenvalue weighted by atomic mass is 9.85. The normalized spacial score (nSPS) is 15.6. The molecule has 0 spiro atoms. The van der Waals surface area contributed by atoms with Gasteiger partial charge in [-0.2, -0.15) is 0 Å². The highest BCUT2D eigenvalue weighted by Gasteiger charge is 2.24. The summed E-state index contributed by atoms with van der Waals surface area (Å²) in [4.78, 5) is 5.72. The Morgan fingerprint density at radius 2 is 2.16 bits per heavy atom. The molecule has 0 amide bonds.